The van der Waals surface area contributed by atoms with Crippen LogP contribution in [0.4, 0.5) is 5.69 Å². The second kappa shape index (κ2) is 16.3. The molecule has 0 aliphatic carbocycles. The molecule has 1 aromatic carbocycles. The van der Waals surface area contributed by atoms with Crippen molar-refractivity contribution in [1.29, 1.82) is 0 Å². The third kappa shape index (κ3) is 9.33. The molecule has 1 aromatic heterocycles. The number of ether oxygens (including phenoxy) is 1. The number of aryl methyl sites for hydroxylation is 1. The molecular formula is C31H45NO8S. The van der Waals surface area contributed by atoms with Crippen molar-refractivity contribution in [3.63, 3.8) is 0 Å². The summed E-state index contributed by atoms with van der Waals surface area (Å²) in [5.41, 5.74) is 1.73. The number of hydrogen-bond acceptors (Lipinski definition) is 9. The van der Waals surface area contributed by atoms with Gasteiger partial charge in [0.25, 0.3) is 0 Å². The van der Waals surface area contributed by atoms with Gasteiger partial charge in [-0.2, -0.15) is 0 Å². The fourth-order valence-corrected chi connectivity index (χ4v) is 6.09. The molecule has 0 spiro atoms. The summed E-state index contributed by atoms with van der Waals surface area (Å²) in [5, 5.41) is 49.9. The first-order valence-electron chi connectivity index (χ1n) is 14.7. The van der Waals surface area contributed by atoms with Crippen LogP contribution in [0.3, 0.4) is 0 Å². The Morgan fingerprint density at radius 1 is 0.976 bits per heavy atom. The van der Waals surface area contributed by atoms with Crippen LogP contribution in [-0.2, 0) is 16.0 Å². The van der Waals surface area contributed by atoms with Gasteiger partial charge in [-0.25, -0.2) is 4.79 Å². The molecule has 0 bridgehead atoms. The average Bonchev–Trinajstić information content (AvgIpc) is 3.61. The first kappa shape index (κ1) is 33.2. The van der Waals surface area contributed by atoms with E-state index in [1.807, 2.05) is 35.2 Å². The van der Waals surface area contributed by atoms with Gasteiger partial charge in [0.15, 0.2) is 0 Å². The van der Waals surface area contributed by atoms with E-state index in [9.17, 15) is 35.1 Å². The fourth-order valence-electron chi connectivity index (χ4n) is 5.14. The maximum atomic E-state index is 12.7. The normalized spacial score (nSPS) is 19.1. The van der Waals surface area contributed by atoms with Gasteiger partial charge in [-0.15, -0.1) is 11.3 Å². The molecule has 228 valence electrons. The maximum Gasteiger partial charge on any atom is 0.348 e. The van der Waals surface area contributed by atoms with Crippen molar-refractivity contribution in [2.75, 3.05) is 11.5 Å². The number of nitrogens with zero attached hydrogens (tertiary/aromatic N) is 1. The summed E-state index contributed by atoms with van der Waals surface area (Å²) in [6.07, 6.45) is 1.44. The van der Waals surface area contributed by atoms with E-state index in [-0.39, 0.29) is 18.4 Å². The van der Waals surface area contributed by atoms with Gasteiger partial charge in [0.2, 0.25) is 5.91 Å². The number of benzene rings is 1. The number of unbranched alkanes of at least 4 members (excludes halogenated alkanes) is 2. The SMILES string of the molecule is CCCCC[C@H](O)c1ccc(N2C(=O)CC[C@@H]2CCCc2ccc(C(=O)OC[C@@H](O)[C@@H](O)[C@H](O)[C@@H](O)CC)s2)cc1. The van der Waals surface area contributed by atoms with Crippen molar-refractivity contribution in [3.05, 3.63) is 51.7 Å². The Kier molecular flexibility index (Phi) is 13.2. The van der Waals surface area contributed by atoms with Gasteiger partial charge >= 0.3 is 5.97 Å². The number of carbonyl (C=O) groups excluding carboxylic acids is 2. The Bertz CT molecular complexity index is 1090. The van der Waals surface area contributed by atoms with Crippen LogP contribution in [0.2, 0.25) is 0 Å². The lowest BCUT2D eigenvalue weighted by molar-refractivity contribution is -0.117. The van der Waals surface area contributed by atoms with E-state index in [1.54, 1.807) is 13.0 Å². The van der Waals surface area contributed by atoms with Gasteiger partial charge in [-0.1, -0.05) is 45.2 Å². The fraction of sp³-hybridized carbons (Fsp3) is 0.613. The van der Waals surface area contributed by atoms with Crippen molar-refractivity contribution in [2.45, 2.75) is 115 Å². The lowest BCUT2D eigenvalue weighted by Crippen LogP contribution is -2.46. The number of aliphatic hydroxyl groups excluding tert-OH is 5. The highest BCUT2D eigenvalue weighted by atomic mass is 32.1. The molecule has 1 aliphatic heterocycles. The van der Waals surface area contributed by atoms with Crippen molar-refractivity contribution in [1.82, 2.24) is 0 Å². The highest BCUT2D eigenvalue weighted by molar-refractivity contribution is 7.13. The van der Waals surface area contributed by atoms with E-state index in [0.29, 0.717) is 11.3 Å². The molecule has 41 heavy (non-hydrogen) atoms. The van der Waals surface area contributed by atoms with E-state index in [1.165, 1.54) is 11.3 Å². The molecule has 5 N–H and O–H groups in total. The van der Waals surface area contributed by atoms with Crippen LogP contribution in [0.15, 0.2) is 36.4 Å². The van der Waals surface area contributed by atoms with E-state index in [4.69, 9.17) is 4.74 Å². The first-order valence-corrected chi connectivity index (χ1v) is 15.6. The van der Waals surface area contributed by atoms with Crippen LogP contribution in [0, 0.1) is 0 Å². The number of hydrogen-bond donors (Lipinski definition) is 5. The summed E-state index contributed by atoms with van der Waals surface area (Å²) in [4.78, 5) is 28.4. The highest BCUT2D eigenvalue weighted by Crippen LogP contribution is 2.31. The largest absolute Gasteiger partial charge is 0.459 e. The van der Waals surface area contributed by atoms with Crippen LogP contribution in [0.5, 0.6) is 0 Å². The van der Waals surface area contributed by atoms with Crippen molar-refractivity contribution in [2.24, 2.45) is 0 Å². The van der Waals surface area contributed by atoms with Gasteiger partial charge in [0, 0.05) is 23.0 Å². The minimum absolute atomic E-state index is 0.0988. The summed E-state index contributed by atoms with van der Waals surface area (Å²) in [7, 11) is 0. The minimum Gasteiger partial charge on any atom is -0.459 e. The highest BCUT2D eigenvalue weighted by Gasteiger charge is 2.32. The van der Waals surface area contributed by atoms with Crippen molar-refractivity contribution < 1.29 is 39.9 Å². The van der Waals surface area contributed by atoms with Gasteiger partial charge in [0.05, 0.1) is 12.2 Å². The molecule has 2 aromatic rings. The van der Waals surface area contributed by atoms with Gasteiger partial charge < -0.3 is 35.2 Å². The molecule has 1 fully saturated rings. The Morgan fingerprint density at radius 3 is 2.37 bits per heavy atom. The number of thiophene rings is 1. The topological polar surface area (TPSA) is 148 Å². The van der Waals surface area contributed by atoms with Crippen LogP contribution in [-0.4, -0.2) is 74.5 Å². The lowest BCUT2D eigenvalue weighted by Gasteiger charge is -2.25. The van der Waals surface area contributed by atoms with E-state index < -0.39 is 43.1 Å². The number of carbonyl (C=O) groups is 2. The summed E-state index contributed by atoms with van der Waals surface area (Å²) in [6.45, 7) is 3.26. The summed E-state index contributed by atoms with van der Waals surface area (Å²) in [5.74, 6) is -0.527. The van der Waals surface area contributed by atoms with E-state index in [2.05, 4.69) is 6.92 Å². The second-order valence-corrected chi connectivity index (χ2v) is 12.0. The molecule has 2 heterocycles. The van der Waals surface area contributed by atoms with Crippen LogP contribution >= 0.6 is 11.3 Å². The van der Waals surface area contributed by atoms with Crippen molar-refractivity contribution >= 4 is 28.9 Å². The van der Waals surface area contributed by atoms with E-state index >= 15 is 0 Å². The molecule has 3 rings (SSSR count). The zero-order valence-corrected chi connectivity index (χ0v) is 24.8. The number of rotatable bonds is 17. The Morgan fingerprint density at radius 2 is 1.68 bits per heavy atom. The zero-order chi connectivity index (χ0) is 29.9. The monoisotopic (exact) mass is 591 g/mol. The molecule has 1 aliphatic rings. The summed E-state index contributed by atoms with van der Waals surface area (Å²) in [6, 6.07) is 11.3. The minimum atomic E-state index is -1.64. The van der Waals surface area contributed by atoms with Crippen molar-refractivity contribution in [3.8, 4) is 0 Å². The summed E-state index contributed by atoms with van der Waals surface area (Å²) < 4.78 is 5.10. The maximum absolute atomic E-state index is 12.7. The third-order valence-electron chi connectivity index (χ3n) is 7.73. The Balaban J connectivity index is 1.47. The smallest absolute Gasteiger partial charge is 0.348 e. The molecule has 6 atom stereocenters. The molecule has 9 nitrogen and oxygen atoms in total. The molecule has 0 radical (unpaired) electrons. The van der Waals surface area contributed by atoms with Gasteiger partial charge in [-0.3, -0.25) is 4.79 Å². The molecule has 1 saturated heterocycles. The number of aliphatic hydroxyl groups is 5. The summed E-state index contributed by atoms with van der Waals surface area (Å²) >= 11 is 1.29. The number of anilines is 1. The predicted octanol–water partition coefficient (Wildman–Crippen LogP) is 3.89. The van der Waals surface area contributed by atoms with Crippen LogP contribution in [0.1, 0.15) is 97.9 Å². The third-order valence-corrected chi connectivity index (χ3v) is 8.85. The molecule has 1 amide bonds. The number of esters is 1. The second-order valence-electron chi connectivity index (χ2n) is 10.8. The lowest BCUT2D eigenvalue weighted by atomic mass is 10.0. The quantitative estimate of drug-likeness (QED) is 0.138. The first-order chi connectivity index (χ1) is 19.7. The molecule has 0 unspecified atom stereocenters. The predicted molar refractivity (Wildman–Crippen MR) is 158 cm³/mol. The number of amides is 1. The van der Waals surface area contributed by atoms with E-state index in [0.717, 1.165) is 67.5 Å². The van der Waals surface area contributed by atoms with Gasteiger partial charge in [0.1, 0.15) is 29.8 Å². The van der Waals surface area contributed by atoms with Crippen LogP contribution < -0.4 is 4.90 Å². The standard InChI is InChI=1S/C31H45NO8S/c1-3-5-6-10-25(34)20-11-13-22(14-12-20)32-21(15-18-28(32)36)8-7-9-23-16-17-27(41-23)31(39)40-19-26(35)30(38)29(37)24(33)4-2/h11-14,16-17,21,24-26,29-30,33-35,37-38H,3-10,15,18-19H2,1-2H3/t21-,24-,25-,26+,29+,30+/m0/s1. The molecule has 10 heteroatoms. The zero-order valence-electron chi connectivity index (χ0n) is 24.0. The van der Waals surface area contributed by atoms with Crippen LogP contribution in [0.25, 0.3) is 0 Å². The molecular weight excluding hydrogens is 546 g/mol. The Hall–Kier alpha value is -2.34. The molecule has 0 saturated carbocycles. The van der Waals surface area contributed by atoms with Gasteiger partial charge in [-0.05, 0) is 68.4 Å². The Labute approximate surface area is 246 Å². The average molecular weight is 592 g/mol.